The van der Waals surface area contributed by atoms with E-state index in [1.54, 1.807) is 0 Å². The smallest absolute Gasteiger partial charge is 0.330 e. The first-order valence-electron chi connectivity index (χ1n) is 5.25. The molecule has 0 aromatic carbocycles. The maximum atomic E-state index is 10.7. The molecule has 0 bridgehead atoms. The molecule has 0 fully saturated rings. The number of aliphatic hydroxyl groups excluding tert-OH is 2. The predicted molar refractivity (Wildman–Crippen MR) is 57.3 cm³/mol. The van der Waals surface area contributed by atoms with Crippen LogP contribution in [0.3, 0.4) is 0 Å². The summed E-state index contributed by atoms with van der Waals surface area (Å²) in [6, 6.07) is 0. The second-order valence-electron chi connectivity index (χ2n) is 3.51. The van der Waals surface area contributed by atoms with Gasteiger partial charge in [0.2, 0.25) is 0 Å². The van der Waals surface area contributed by atoms with Crippen LogP contribution in [0.15, 0.2) is 12.7 Å². The lowest BCUT2D eigenvalue weighted by molar-refractivity contribution is -0.140. The summed E-state index contributed by atoms with van der Waals surface area (Å²) in [7, 11) is 0. The van der Waals surface area contributed by atoms with Crippen molar-refractivity contribution in [1.29, 1.82) is 0 Å². The van der Waals surface area contributed by atoms with E-state index in [0.29, 0.717) is 12.8 Å². The molecule has 0 aliphatic carbocycles. The number of rotatable bonds is 8. The van der Waals surface area contributed by atoms with E-state index >= 15 is 0 Å². The van der Waals surface area contributed by atoms with Crippen molar-refractivity contribution in [3.8, 4) is 0 Å². The Hall–Kier alpha value is -0.870. The molecule has 15 heavy (non-hydrogen) atoms. The first-order valence-corrected chi connectivity index (χ1v) is 5.25. The van der Waals surface area contributed by atoms with Crippen molar-refractivity contribution >= 4 is 5.97 Å². The van der Waals surface area contributed by atoms with Gasteiger partial charge in [-0.2, -0.15) is 0 Å². The summed E-state index contributed by atoms with van der Waals surface area (Å²) in [6.45, 7) is 5.19. The fourth-order valence-electron chi connectivity index (χ4n) is 1.18. The SMILES string of the molecule is C=CC(=O)OCC(O)CCC(O)CCC. The molecule has 88 valence electrons. The quantitative estimate of drug-likeness (QED) is 0.469. The number of esters is 1. The minimum Gasteiger partial charge on any atom is -0.460 e. The van der Waals surface area contributed by atoms with Gasteiger partial charge in [0, 0.05) is 6.08 Å². The highest BCUT2D eigenvalue weighted by Crippen LogP contribution is 2.07. The summed E-state index contributed by atoms with van der Waals surface area (Å²) in [6.07, 6.45) is 2.59. The lowest BCUT2D eigenvalue weighted by Crippen LogP contribution is -2.20. The highest BCUT2D eigenvalue weighted by molar-refractivity contribution is 5.81. The number of ether oxygens (including phenoxy) is 1. The van der Waals surface area contributed by atoms with Crippen LogP contribution in [0.2, 0.25) is 0 Å². The number of carbonyl (C=O) groups is 1. The fraction of sp³-hybridized carbons (Fsp3) is 0.727. The summed E-state index contributed by atoms with van der Waals surface area (Å²) in [5, 5.41) is 18.8. The van der Waals surface area contributed by atoms with Crippen LogP contribution in [0, 0.1) is 0 Å². The third kappa shape index (κ3) is 8.15. The van der Waals surface area contributed by atoms with E-state index in [-0.39, 0.29) is 12.7 Å². The van der Waals surface area contributed by atoms with Gasteiger partial charge in [0.05, 0.1) is 12.2 Å². The Morgan fingerprint density at radius 2 is 1.93 bits per heavy atom. The standard InChI is InChI=1S/C11H20O4/c1-3-5-9(12)6-7-10(13)8-15-11(14)4-2/h4,9-10,12-13H,2-3,5-8H2,1H3. The average molecular weight is 216 g/mol. The lowest BCUT2D eigenvalue weighted by atomic mass is 10.1. The van der Waals surface area contributed by atoms with Crippen LogP contribution < -0.4 is 0 Å². The van der Waals surface area contributed by atoms with Crippen LogP contribution >= 0.6 is 0 Å². The van der Waals surface area contributed by atoms with Crippen molar-refractivity contribution in [2.24, 2.45) is 0 Å². The third-order valence-corrected chi connectivity index (χ3v) is 2.04. The Kier molecular flexibility index (Phi) is 7.95. The van der Waals surface area contributed by atoms with Crippen molar-refractivity contribution in [3.63, 3.8) is 0 Å². The summed E-state index contributed by atoms with van der Waals surface area (Å²) >= 11 is 0. The Morgan fingerprint density at radius 3 is 2.47 bits per heavy atom. The van der Waals surface area contributed by atoms with Crippen molar-refractivity contribution in [1.82, 2.24) is 0 Å². The van der Waals surface area contributed by atoms with E-state index in [4.69, 9.17) is 0 Å². The van der Waals surface area contributed by atoms with Crippen molar-refractivity contribution in [3.05, 3.63) is 12.7 Å². The summed E-state index contributed by atoms with van der Waals surface area (Å²) in [5.74, 6) is -0.539. The molecule has 0 amide bonds. The minimum atomic E-state index is -0.708. The first-order chi connectivity index (χ1) is 7.10. The van der Waals surface area contributed by atoms with Crippen LogP contribution in [0.5, 0.6) is 0 Å². The molecule has 0 saturated heterocycles. The van der Waals surface area contributed by atoms with Crippen molar-refractivity contribution in [2.45, 2.75) is 44.8 Å². The Labute approximate surface area is 90.6 Å². The van der Waals surface area contributed by atoms with Crippen LogP contribution in [0.4, 0.5) is 0 Å². The molecule has 4 heteroatoms. The van der Waals surface area contributed by atoms with Crippen molar-refractivity contribution in [2.75, 3.05) is 6.61 Å². The highest BCUT2D eigenvalue weighted by atomic mass is 16.5. The monoisotopic (exact) mass is 216 g/mol. The highest BCUT2D eigenvalue weighted by Gasteiger charge is 2.10. The van der Waals surface area contributed by atoms with Crippen LogP contribution in [-0.2, 0) is 9.53 Å². The molecule has 2 atom stereocenters. The van der Waals surface area contributed by atoms with E-state index in [2.05, 4.69) is 11.3 Å². The molecule has 0 aliphatic rings. The molecule has 0 radical (unpaired) electrons. The summed E-state index contributed by atoms with van der Waals surface area (Å²) in [5.41, 5.74) is 0. The van der Waals surface area contributed by atoms with Crippen LogP contribution in [0.25, 0.3) is 0 Å². The zero-order valence-corrected chi connectivity index (χ0v) is 9.19. The maximum absolute atomic E-state index is 10.7. The van der Waals surface area contributed by atoms with E-state index < -0.39 is 12.1 Å². The van der Waals surface area contributed by atoms with Crippen LogP contribution in [0.1, 0.15) is 32.6 Å². The van der Waals surface area contributed by atoms with E-state index in [1.165, 1.54) is 0 Å². The van der Waals surface area contributed by atoms with E-state index in [0.717, 1.165) is 18.9 Å². The molecule has 4 nitrogen and oxygen atoms in total. The molecule has 0 aromatic heterocycles. The number of carbonyl (C=O) groups excluding carboxylic acids is 1. The molecule has 0 rings (SSSR count). The number of hydrogen-bond donors (Lipinski definition) is 2. The predicted octanol–water partition coefficient (Wildman–Crippen LogP) is 1.02. The summed E-state index contributed by atoms with van der Waals surface area (Å²) < 4.78 is 4.66. The maximum Gasteiger partial charge on any atom is 0.330 e. The molecular formula is C11H20O4. The van der Waals surface area contributed by atoms with Crippen molar-refractivity contribution < 1.29 is 19.7 Å². The molecule has 2 unspecified atom stereocenters. The molecular weight excluding hydrogens is 196 g/mol. The van der Waals surface area contributed by atoms with Gasteiger partial charge in [-0.25, -0.2) is 4.79 Å². The molecule has 0 aliphatic heterocycles. The molecule has 0 spiro atoms. The zero-order valence-electron chi connectivity index (χ0n) is 9.19. The molecule has 0 aromatic rings. The zero-order chi connectivity index (χ0) is 11.7. The first kappa shape index (κ1) is 14.1. The number of hydrogen-bond acceptors (Lipinski definition) is 4. The van der Waals surface area contributed by atoms with E-state index in [1.807, 2.05) is 6.92 Å². The van der Waals surface area contributed by atoms with Gasteiger partial charge in [-0.05, 0) is 19.3 Å². The Balaban J connectivity index is 3.52. The topological polar surface area (TPSA) is 66.8 Å². The number of aliphatic hydroxyl groups is 2. The largest absolute Gasteiger partial charge is 0.460 e. The fourth-order valence-corrected chi connectivity index (χ4v) is 1.18. The van der Waals surface area contributed by atoms with Gasteiger partial charge in [-0.1, -0.05) is 19.9 Å². The van der Waals surface area contributed by atoms with Gasteiger partial charge < -0.3 is 14.9 Å². The molecule has 0 heterocycles. The second-order valence-corrected chi connectivity index (χ2v) is 3.51. The van der Waals surface area contributed by atoms with Gasteiger partial charge in [0.1, 0.15) is 6.61 Å². The van der Waals surface area contributed by atoms with E-state index in [9.17, 15) is 15.0 Å². The Morgan fingerprint density at radius 1 is 1.33 bits per heavy atom. The Bertz CT molecular complexity index is 191. The normalized spacial score (nSPS) is 14.3. The lowest BCUT2D eigenvalue weighted by Gasteiger charge is -2.13. The molecule has 0 saturated carbocycles. The van der Waals surface area contributed by atoms with Gasteiger partial charge in [0.25, 0.3) is 0 Å². The third-order valence-electron chi connectivity index (χ3n) is 2.04. The van der Waals surface area contributed by atoms with Gasteiger partial charge >= 0.3 is 5.97 Å². The van der Waals surface area contributed by atoms with Gasteiger partial charge in [0.15, 0.2) is 0 Å². The van der Waals surface area contributed by atoms with Gasteiger partial charge in [-0.15, -0.1) is 0 Å². The average Bonchev–Trinajstić information content (AvgIpc) is 2.23. The summed E-state index contributed by atoms with van der Waals surface area (Å²) in [4.78, 5) is 10.7. The molecule has 2 N–H and O–H groups in total. The second kappa shape index (κ2) is 8.44. The minimum absolute atomic E-state index is 0.0380. The van der Waals surface area contributed by atoms with Gasteiger partial charge in [-0.3, -0.25) is 0 Å². The van der Waals surface area contributed by atoms with Crippen LogP contribution in [-0.4, -0.2) is 35.0 Å².